The molecule has 1 saturated heterocycles. The first-order valence-electron chi connectivity index (χ1n) is 12.4. The van der Waals surface area contributed by atoms with Gasteiger partial charge in [-0.2, -0.15) is 0 Å². The normalized spacial score (nSPS) is 18.6. The molecule has 0 amide bonds. The number of aromatic nitrogens is 2. The van der Waals surface area contributed by atoms with E-state index in [1.54, 1.807) is 7.11 Å². The third-order valence-corrected chi connectivity index (χ3v) is 6.33. The summed E-state index contributed by atoms with van der Waals surface area (Å²) in [5.41, 5.74) is 1.15. The van der Waals surface area contributed by atoms with Crippen molar-refractivity contribution in [2.75, 3.05) is 46.6 Å². The van der Waals surface area contributed by atoms with Crippen LogP contribution in [0.25, 0.3) is 0 Å². The van der Waals surface area contributed by atoms with Gasteiger partial charge >= 0.3 is 0 Å². The van der Waals surface area contributed by atoms with E-state index in [9.17, 15) is 5.11 Å². The lowest BCUT2D eigenvalue weighted by Gasteiger charge is -2.30. The van der Waals surface area contributed by atoms with Crippen molar-refractivity contribution in [3.05, 3.63) is 71.8 Å². The second-order valence-corrected chi connectivity index (χ2v) is 9.44. The number of imidazole rings is 1. The predicted molar refractivity (Wildman–Crippen MR) is 138 cm³/mol. The molecule has 4 rings (SSSR count). The Hall–Kier alpha value is -3.07. The lowest BCUT2D eigenvalue weighted by atomic mass is 10.1. The molecule has 1 fully saturated rings. The summed E-state index contributed by atoms with van der Waals surface area (Å²) in [5.74, 6) is 3.17. The van der Waals surface area contributed by atoms with E-state index in [4.69, 9.17) is 18.9 Å². The minimum atomic E-state index is -1.10. The fourth-order valence-electron chi connectivity index (χ4n) is 4.32. The standard InChI is InChI=1S/C28H37N3O5/c1-22-5-8-25(9-6-22)36-21-28(32)19-30(14-16-34-20-28)18-24-7-10-26(33-3)27(17-24)35-15-4-12-31-13-11-29-23(31)2/h5-11,13,17,32H,4,12,14-16,18-21H2,1-3H3. The van der Waals surface area contributed by atoms with E-state index in [0.717, 1.165) is 42.4 Å². The van der Waals surface area contributed by atoms with E-state index < -0.39 is 5.60 Å². The highest BCUT2D eigenvalue weighted by molar-refractivity contribution is 5.43. The second-order valence-electron chi connectivity index (χ2n) is 9.44. The van der Waals surface area contributed by atoms with E-state index >= 15 is 0 Å². The van der Waals surface area contributed by atoms with Gasteiger partial charge in [0.25, 0.3) is 0 Å². The van der Waals surface area contributed by atoms with Crippen molar-refractivity contribution in [1.29, 1.82) is 0 Å². The molecule has 194 valence electrons. The molecule has 8 heteroatoms. The number of hydrogen-bond donors (Lipinski definition) is 1. The van der Waals surface area contributed by atoms with Crippen LogP contribution in [0.2, 0.25) is 0 Å². The highest BCUT2D eigenvalue weighted by atomic mass is 16.5. The van der Waals surface area contributed by atoms with Crippen LogP contribution in [0.1, 0.15) is 23.4 Å². The minimum absolute atomic E-state index is 0.167. The average molecular weight is 496 g/mol. The van der Waals surface area contributed by atoms with Crippen LogP contribution in [0.4, 0.5) is 0 Å². The van der Waals surface area contributed by atoms with Crippen molar-refractivity contribution in [2.45, 2.75) is 39.0 Å². The Morgan fingerprint density at radius 2 is 1.92 bits per heavy atom. The molecule has 3 aromatic rings. The summed E-state index contributed by atoms with van der Waals surface area (Å²) >= 11 is 0. The molecule has 0 radical (unpaired) electrons. The summed E-state index contributed by atoms with van der Waals surface area (Å²) < 4.78 is 25.3. The first kappa shape index (κ1) is 26.0. The number of rotatable bonds is 11. The first-order valence-corrected chi connectivity index (χ1v) is 12.4. The number of aryl methyl sites for hydroxylation is 3. The van der Waals surface area contributed by atoms with E-state index in [0.29, 0.717) is 32.1 Å². The molecule has 2 heterocycles. The summed E-state index contributed by atoms with van der Waals surface area (Å²) in [6.45, 7) is 8.25. The zero-order valence-corrected chi connectivity index (χ0v) is 21.5. The van der Waals surface area contributed by atoms with Gasteiger partial charge in [0.15, 0.2) is 11.5 Å². The molecule has 1 atom stereocenters. The van der Waals surface area contributed by atoms with Gasteiger partial charge in [0.1, 0.15) is 23.8 Å². The molecule has 1 unspecified atom stereocenters. The zero-order chi connectivity index (χ0) is 25.4. The van der Waals surface area contributed by atoms with E-state index in [2.05, 4.69) is 14.5 Å². The summed E-state index contributed by atoms with van der Waals surface area (Å²) in [5, 5.41) is 11.3. The highest BCUT2D eigenvalue weighted by Gasteiger charge is 2.33. The number of nitrogens with zero attached hydrogens (tertiary/aromatic N) is 3. The number of β-amino-alcohol motifs (C(OH)–C–C–N with tert-alkyl or cyclic N) is 1. The Morgan fingerprint density at radius 3 is 2.67 bits per heavy atom. The van der Waals surface area contributed by atoms with Crippen LogP contribution in [0.15, 0.2) is 54.9 Å². The van der Waals surface area contributed by atoms with Gasteiger partial charge in [-0.3, -0.25) is 4.90 Å². The smallest absolute Gasteiger partial charge is 0.161 e. The molecule has 0 bridgehead atoms. The summed E-state index contributed by atoms with van der Waals surface area (Å²) in [7, 11) is 1.65. The van der Waals surface area contributed by atoms with Crippen LogP contribution in [-0.2, 0) is 17.8 Å². The monoisotopic (exact) mass is 495 g/mol. The quantitative estimate of drug-likeness (QED) is 0.407. The number of ether oxygens (including phenoxy) is 4. The van der Waals surface area contributed by atoms with Crippen LogP contribution in [-0.4, -0.2) is 71.8 Å². The third-order valence-electron chi connectivity index (χ3n) is 6.33. The highest BCUT2D eigenvalue weighted by Crippen LogP contribution is 2.29. The maximum absolute atomic E-state index is 11.3. The van der Waals surface area contributed by atoms with E-state index in [1.165, 1.54) is 5.56 Å². The van der Waals surface area contributed by atoms with E-state index in [-0.39, 0.29) is 13.2 Å². The average Bonchev–Trinajstić information content (AvgIpc) is 3.19. The van der Waals surface area contributed by atoms with Crippen molar-refractivity contribution in [1.82, 2.24) is 14.5 Å². The predicted octanol–water partition coefficient (Wildman–Crippen LogP) is 3.62. The number of benzene rings is 2. The zero-order valence-electron chi connectivity index (χ0n) is 21.5. The lowest BCUT2D eigenvalue weighted by Crippen LogP contribution is -2.48. The summed E-state index contributed by atoms with van der Waals surface area (Å²) in [4.78, 5) is 6.45. The molecule has 0 aliphatic carbocycles. The molecule has 1 aliphatic heterocycles. The molecule has 36 heavy (non-hydrogen) atoms. The first-order chi connectivity index (χ1) is 17.4. The van der Waals surface area contributed by atoms with Crippen molar-refractivity contribution in [2.24, 2.45) is 0 Å². The maximum atomic E-state index is 11.3. The van der Waals surface area contributed by atoms with Crippen LogP contribution in [0.5, 0.6) is 17.2 Å². The second kappa shape index (κ2) is 12.3. The molecular weight excluding hydrogens is 458 g/mol. The Labute approximate surface area is 213 Å². The van der Waals surface area contributed by atoms with Gasteiger partial charge in [-0.15, -0.1) is 0 Å². The molecular formula is C28H37N3O5. The van der Waals surface area contributed by atoms with Gasteiger partial charge in [0, 0.05) is 38.6 Å². The summed E-state index contributed by atoms with van der Waals surface area (Å²) in [6.07, 6.45) is 4.66. The largest absolute Gasteiger partial charge is 0.493 e. The van der Waals surface area contributed by atoms with Crippen LogP contribution >= 0.6 is 0 Å². The number of methoxy groups -OCH3 is 1. The molecule has 1 aromatic heterocycles. The fraction of sp³-hybridized carbons (Fsp3) is 0.464. The number of aliphatic hydroxyl groups is 1. The topological polar surface area (TPSA) is 78.2 Å². The lowest BCUT2D eigenvalue weighted by molar-refractivity contribution is -0.0646. The Morgan fingerprint density at radius 1 is 1.08 bits per heavy atom. The van der Waals surface area contributed by atoms with Gasteiger partial charge in [-0.1, -0.05) is 23.8 Å². The van der Waals surface area contributed by atoms with Crippen molar-refractivity contribution >= 4 is 0 Å². The molecule has 0 saturated carbocycles. The Bertz CT molecular complexity index is 1100. The molecule has 1 aliphatic rings. The Kier molecular flexibility index (Phi) is 8.85. The van der Waals surface area contributed by atoms with Gasteiger partial charge in [0.05, 0.1) is 26.9 Å². The van der Waals surface area contributed by atoms with Crippen molar-refractivity contribution in [3.8, 4) is 17.2 Å². The molecule has 1 N–H and O–H groups in total. The molecule has 8 nitrogen and oxygen atoms in total. The molecule has 2 aromatic carbocycles. The van der Waals surface area contributed by atoms with Gasteiger partial charge in [-0.25, -0.2) is 4.98 Å². The fourth-order valence-corrected chi connectivity index (χ4v) is 4.32. The Balaban J connectivity index is 1.34. The summed E-state index contributed by atoms with van der Waals surface area (Å²) in [6, 6.07) is 13.8. The van der Waals surface area contributed by atoms with E-state index in [1.807, 2.05) is 68.7 Å². The van der Waals surface area contributed by atoms with Crippen LogP contribution < -0.4 is 14.2 Å². The number of hydrogen-bond acceptors (Lipinski definition) is 7. The maximum Gasteiger partial charge on any atom is 0.161 e. The molecule has 0 spiro atoms. The van der Waals surface area contributed by atoms with Crippen LogP contribution in [0.3, 0.4) is 0 Å². The van der Waals surface area contributed by atoms with Gasteiger partial charge in [-0.05, 0) is 50.1 Å². The van der Waals surface area contributed by atoms with Gasteiger partial charge < -0.3 is 28.6 Å². The van der Waals surface area contributed by atoms with Gasteiger partial charge in [0.2, 0.25) is 0 Å². The SMILES string of the molecule is COc1ccc(CN2CCOCC(O)(COc3ccc(C)cc3)C2)cc1OCCCn1ccnc1C. The van der Waals surface area contributed by atoms with Crippen LogP contribution in [0, 0.1) is 13.8 Å². The van der Waals surface area contributed by atoms with Crippen molar-refractivity contribution in [3.63, 3.8) is 0 Å². The third kappa shape index (κ3) is 7.22. The van der Waals surface area contributed by atoms with Crippen molar-refractivity contribution < 1.29 is 24.1 Å². The minimum Gasteiger partial charge on any atom is -0.493 e.